The number of hydrogen-bond acceptors (Lipinski definition) is 3. The molecule has 1 saturated heterocycles. The van der Waals surface area contributed by atoms with Crippen LogP contribution in [0.5, 0.6) is 0 Å². The molecule has 0 bridgehead atoms. The van der Waals surface area contributed by atoms with Crippen molar-refractivity contribution in [1.82, 2.24) is 10.2 Å². The van der Waals surface area contributed by atoms with Crippen molar-refractivity contribution in [3.63, 3.8) is 0 Å². The summed E-state index contributed by atoms with van der Waals surface area (Å²) in [6.07, 6.45) is 4.94. The van der Waals surface area contributed by atoms with Gasteiger partial charge in [-0.1, -0.05) is 12.8 Å². The van der Waals surface area contributed by atoms with Gasteiger partial charge in [-0.3, -0.25) is 4.79 Å². The Labute approximate surface area is 91.6 Å². The Morgan fingerprint density at radius 3 is 2.27 bits per heavy atom. The first-order valence-corrected chi connectivity index (χ1v) is 5.73. The van der Waals surface area contributed by atoms with Crippen LogP contribution in [0.25, 0.3) is 0 Å². The predicted octanol–water partition coefficient (Wildman–Crippen LogP) is 0.925. The number of hydrogen-bond donors (Lipinski definition) is 2. The molecule has 1 aliphatic heterocycles. The van der Waals surface area contributed by atoms with Crippen LogP contribution < -0.4 is 5.32 Å². The molecule has 0 spiro atoms. The largest absolute Gasteiger partial charge is 0.480 e. The Balaban J connectivity index is 2.53. The van der Waals surface area contributed by atoms with Crippen molar-refractivity contribution in [3.8, 4) is 0 Å². The van der Waals surface area contributed by atoms with Crippen molar-refractivity contribution in [1.29, 1.82) is 0 Å². The molecule has 4 nitrogen and oxygen atoms in total. The van der Waals surface area contributed by atoms with Gasteiger partial charge in [0.15, 0.2) is 0 Å². The van der Waals surface area contributed by atoms with Crippen molar-refractivity contribution < 1.29 is 9.90 Å². The van der Waals surface area contributed by atoms with Crippen LogP contribution in [0.15, 0.2) is 0 Å². The molecule has 0 amide bonds. The second-order valence-corrected chi connectivity index (χ2v) is 4.58. The van der Waals surface area contributed by atoms with Crippen LogP contribution in [0.2, 0.25) is 0 Å². The van der Waals surface area contributed by atoms with Crippen LogP contribution >= 0.6 is 0 Å². The van der Waals surface area contributed by atoms with E-state index in [1.165, 1.54) is 25.7 Å². The second kappa shape index (κ2) is 5.47. The lowest BCUT2D eigenvalue weighted by atomic mass is 10.0. The number of nitrogens with zero attached hydrogens (tertiary/aromatic N) is 1. The molecule has 1 unspecified atom stereocenters. The molecule has 1 aliphatic rings. The third kappa shape index (κ3) is 3.47. The van der Waals surface area contributed by atoms with Crippen molar-refractivity contribution in [2.45, 2.75) is 38.1 Å². The lowest BCUT2D eigenvalue weighted by Gasteiger charge is -2.31. The van der Waals surface area contributed by atoms with Crippen molar-refractivity contribution in [2.24, 2.45) is 0 Å². The Hall–Kier alpha value is -0.610. The molecule has 88 valence electrons. The first-order chi connectivity index (χ1) is 7.08. The van der Waals surface area contributed by atoms with E-state index in [-0.39, 0.29) is 0 Å². The molecule has 1 rings (SSSR count). The monoisotopic (exact) mass is 214 g/mol. The number of likely N-dealkylation sites (N-methyl/N-ethyl adjacent to an activating group) is 1. The molecule has 2 N–H and O–H groups in total. The Morgan fingerprint density at radius 1 is 1.33 bits per heavy atom. The fourth-order valence-corrected chi connectivity index (χ4v) is 2.00. The van der Waals surface area contributed by atoms with Crippen LogP contribution in [0.4, 0.5) is 0 Å². The molecule has 0 aliphatic carbocycles. The van der Waals surface area contributed by atoms with Crippen LogP contribution in [-0.4, -0.2) is 48.2 Å². The highest BCUT2D eigenvalue weighted by atomic mass is 16.4. The highest BCUT2D eigenvalue weighted by molar-refractivity contribution is 5.78. The topological polar surface area (TPSA) is 52.6 Å². The predicted molar refractivity (Wildman–Crippen MR) is 60.0 cm³/mol. The number of likely N-dealkylation sites (tertiary alicyclic amines) is 1. The molecule has 4 heteroatoms. The van der Waals surface area contributed by atoms with Gasteiger partial charge in [-0.15, -0.1) is 0 Å². The van der Waals surface area contributed by atoms with Gasteiger partial charge in [-0.05, 0) is 39.9 Å². The lowest BCUT2D eigenvalue weighted by molar-refractivity contribution is -0.144. The molecule has 15 heavy (non-hydrogen) atoms. The lowest BCUT2D eigenvalue weighted by Crippen LogP contribution is -2.55. The zero-order valence-electron chi connectivity index (χ0n) is 9.75. The van der Waals surface area contributed by atoms with Gasteiger partial charge in [0, 0.05) is 6.54 Å². The van der Waals surface area contributed by atoms with Crippen molar-refractivity contribution in [2.75, 3.05) is 26.7 Å². The minimum absolute atomic E-state index is 0.596. The van der Waals surface area contributed by atoms with E-state index >= 15 is 0 Å². The minimum Gasteiger partial charge on any atom is -0.480 e. The number of nitrogens with one attached hydrogen (secondary N) is 1. The molecule has 0 saturated carbocycles. The number of carbonyl (C=O) groups is 1. The molecule has 1 fully saturated rings. The second-order valence-electron chi connectivity index (χ2n) is 4.58. The summed E-state index contributed by atoms with van der Waals surface area (Å²) in [4.78, 5) is 13.4. The first kappa shape index (κ1) is 12.5. The summed E-state index contributed by atoms with van der Waals surface area (Å²) < 4.78 is 0. The summed E-state index contributed by atoms with van der Waals surface area (Å²) >= 11 is 0. The average molecular weight is 214 g/mol. The maximum atomic E-state index is 11.1. The number of aliphatic carboxylic acids is 1. The zero-order valence-corrected chi connectivity index (χ0v) is 9.75. The third-order valence-electron chi connectivity index (χ3n) is 3.26. The Kier molecular flexibility index (Phi) is 4.54. The van der Waals surface area contributed by atoms with E-state index < -0.39 is 11.5 Å². The Bertz CT molecular complexity index is 213. The maximum Gasteiger partial charge on any atom is 0.324 e. The molecule has 0 aromatic rings. The van der Waals surface area contributed by atoms with Crippen LogP contribution in [0.1, 0.15) is 32.6 Å². The summed E-state index contributed by atoms with van der Waals surface area (Å²) in [6.45, 7) is 4.41. The van der Waals surface area contributed by atoms with Gasteiger partial charge in [0.1, 0.15) is 5.54 Å². The van der Waals surface area contributed by atoms with E-state index in [0.717, 1.165) is 13.1 Å². The molecular formula is C11H22N2O2. The van der Waals surface area contributed by atoms with Crippen LogP contribution in [0, 0.1) is 0 Å². The summed E-state index contributed by atoms with van der Waals surface area (Å²) in [5, 5.41) is 12.0. The quantitative estimate of drug-likeness (QED) is 0.731. The highest BCUT2D eigenvalue weighted by Crippen LogP contribution is 2.13. The Morgan fingerprint density at radius 2 is 1.87 bits per heavy atom. The maximum absolute atomic E-state index is 11.1. The molecule has 0 aromatic carbocycles. The normalized spacial score (nSPS) is 23.1. The summed E-state index contributed by atoms with van der Waals surface area (Å²) in [5.74, 6) is -0.769. The zero-order chi connectivity index (χ0) is 11.3. The summed E-state index contributed by atoms with van der Waals surface area (Å²) in [5.41, 5.74) is -0.815. The molecule has 0 aromatic heterocycles. The van der Waals surface area contributed by atoms with Crippen LogP contribution in [0.3, 0.4) is 0 Å². The fourth-order valence-electron chi connectivity index (χ4n) is 2.00. The number of carboxylic acid groups (broad SMARTS) is 1. The highest BCUT2D eigenvalue weighted by Gasteiger charge is 2.33. The number of carboxylic acids is 1. The average Bonchev–Trinajstić information content (AvgIpc) is 2.46. The smallest absolute Gasteiger partial charge is 0.324 e. The van der Waals surface area contributed by atoms with Gasteiger partial charge in [0.05, 0.1) is 0 Å². The van der Waals surface area contributed by atoms with E-state index in [1.54, 1.807) is 14.0 Å². The minimum atomic E-state index is -0.815. The van der Waals surface area contributed by atoms with E-state index in [2.05, 4.69) is 10.2 Å². The molecule has 0 radical (unpaired) electrons. The first-order valence-electron chi connectivity index (χ1n) is 5.73. The van der Waals surface area contributed by atoms with Crippen molar-refractivity contribution >= 4 is 5.97 Å². The van der Waals surface area contributed by atoms with Gasteiger partial charge >= 0.3 is 5.97 Å². The standard InChI is InChI=1S/C11H22N2O2/c1-11(12-2,10(14)15)9-13-7-5-3-4-6-8-13/h12H,3-9H2,1-2H3,(H,14,15). The SMILES string of the molecule is CNC(C)(CN1CCCCCC1)C(=O)O. The molecular weight excluding hydrogens is 192 g/mol. The fraction of sp³-hybridized carbons (Fsp3) is 0.909. The molecule has 1 heterocycles. The molecule has 1 atom stereocenters. The van der Waals surface area contributed by atoms with Gasteiger partial charge < -0.3 is 15.3 Å². The van der Waals surface area contributed by atoms with Gasteiger partial charge in [0.25, 0.3) is 0 Å². The summed E-state index contributed by atoms with van der Waals surface area (Å²) in [7, 11) is 1.71. The number of rotatable bonds is 4. The van der Waals surface area contributed by atoms with Gasteiger partial charge in [-0.2, -0.15) is 0 Å². The van der Waals surface area contributed by atoms with Gasteiger partial charge in [0.2, 0.25) is 0 Å². The third-order valence-corrected chi connectivity index (χ3v) is 3.26. The van der Waals surface area contributed by atoms with Gasteiger partial charge in [-0.25, -0.2) is 0 Å². The van der Waals surface area contributed by atoms with Crippen molar-refractivity contribution in [3.05, 3.63) is 0 Å². The van der Waals surface area contributed by atoms with E-state index in [9.17, 15) is 4.79 Å². The van der Waals surface area contributed by atoms with Crippen LogP contribution in [-0.2, 0) is 4.79 Å². The summed E-state index contributed by atoms with van der Waals surface area (Å²) in [6, 6.07) is 0. The van der Waals surface area contributed by atoms with E-state index in [4.69, 9.17) is 5.11 Å². The van der Waals surface area contributed by atoms with E-state index in [1.807, 2.05) is 0 Å². The van der Waals surface area contributed by atoms with E-state index in [0.29, 0.717) is 6.54 Å².